The third-order valence-electron chi connectivity index (χ3n) is 3.99. The van der Waals surface area contributed by atoms with Crippen LogP contribution in [0.2, 0.25) is 0 Å². The molecule has 172 valence electrons. The van der Waals surface area contributed by atoms with Gasteiger partial charge in [0.25, 0.3) is 5.69 Å². The lowest BCUT2D eigenvalue weighted by Crippen LogP contribution is -2.15. The zero-order chi connectivity index (χ0) is 24.3. The van der Waals surface area contributed by atoms with Gasteiger partial charge in [0.2, 0.25) is 34.8 Å². The SMILES string of the molecule is N/C(=N\OC(=O)c1ccc(COc2c(F)c(F)c(F)c(F)c2F)o1)c1ccc([N+](=O)[O-])cc1. The number of halogens is 5. The molecule has 0 aliphatic rings. The first-order chi connectivity index (χ1) is 15.6. The number of nitro groups is 1. The molecule has 0 bridgehead atoms. The summed E-state index contributed by atoms with van der Waals surface area (Å²) in [6, 6.07) is 7.04. The molecule has 9 nitrogen and oxygen atoms in total. The second kappa shape index (κ2) is 9.33. The zero-order valence-electron chi connectivity index (χ0n) is 16.0. The van der Waals surface area contributed by atoms with Crippen LogP contribution in [0.5, 0.6) is 5.75 Å². The number of carbonyl (C=O) groups is 1. The maximum Gasteiger partial charge on any atom is 0.400 e. The van der Waals surface area contributed by atoms with Crippen LogP contribution in [0.3, 0.4) is 0 Å². The molecule has 33 heavy (non-hydrogen) atoms. The predicted molar refractivity (Wildman–Crippen MR) is 98.5 cm³/mol. The van der Waals surface area contributed by atoms with Crippen molar-refractivity contribution in [3.8, 4) is 5.75 Å². The number of rotatable bonds is 7. The number of nitrogens with zero attached hydrogens (tertiary/aromatic N) is 2. The summed E-state index contributed by atoms with van der Waals surface area (Å²) in [4.78, 5) is 26.6. The minimum absolute atomic E-state index is 0.195. The van der Waals surface area contributed by atoms with E-state index in [2.05, 4.69) is 14.7 Å². The van der Waals surface area contributed by atoms with Gasteiger partial charge < -0.3 is 19.7 Å². The minimum Gasteiger partial charge on any atom is -0.479 e. The van der Waals surface area contributed by atoms with Crippen molar-refractivity contribution >= 4 is 17.5 Å². The van der Waals surface area contributed by atoms with Gasteiger partial charge in [-0.05, 0) is 24.3 Å². The molecule has 0 atom stereocenters. The second-order valence-electron chi connectivity index (χ2n) is 6.11. The second-order valence-corrected chi connectivity index (χ2v) is 6.11. The highest BCUT2D eigenvalue weighted by molar-refractivity contribution is 5.98. The average molecular weight is 471 g/mol. The molecule has 1 heterocycles. The van der Waals surface area contributed by atoms with Crippen molar-refractivity contribution in [2.45, 2.75) is 6.61 Å². The largest absolute Gasteiger partial charge is 0.479 e. The summed E-state index contributed by atoms with van der Waals surface area (Å²) >= 11 is 0. The molecule has 2 N–H and O–H groups in total. The van der Waals surface area contributed by atoms with Crippen molar-refractivity contribution in [3.05, 3.63) is 92.7 Å². The molecule has 14 heteroatoms. The highest BCUT2D eigenvalue weighted by Gasteiger charge is 2.27. The Bertz CT molecular complexity index is 1230. The van der Waals surface area contributed by atoms with Gasteiger partial charge in [-0.1, -0.05) is 5.16 Å². The molecule has 0 radical (unpaired) electrons. The minimum atomic E-state index is -2.34. The van der Waals surface area contributed by atoms with Crippen molar-refractivity contribution in [3.63, 3.8) is 0 Å². The van der Waals surface area contributed by atoms with Crippen LogP contribution in [0.4, 0.5) is 27.6 Å². The van der Waals surface area contributed by atoms with E-state index in [1.54, 1.807) is 0 Å². The Balaban J connectivity index is 1.65. The molecule has 1 aromatic heterocycles. The van der Waals surface area contributed by atoms with E-state index in [1.807, 2.05) is 0 Å². The average Bonchev–Trinajstić information content (AvgIpc) is 3.29. The molecule has 0 unspecified atom stereocenters. The van der Waals surface area contributed by atoms with Crippen LogP contribution < -0.4 is 10.5 Å². The summed E-state index contributed by atoms with van der Waals surface area (Å²) < 4.78 is 76.3. The van der Waals surface area contributed by atoms with E-state index in [4.69, 9.17) is 10.2 Å². The number of amidine groups is 1. The smallest absolute Gasteiger partial charge is 0.400 e. The molecule has 2 aromatic carbocycles. The predicted octanol–water partition coefficient (Wildman–Crippen LogP) is 3.94. The third-order valence-corrected chi connectivity index (χ3v) is 3.99. The van der Waals surface area contributed by atoms with E-state index in [9.17, 15) is 36.9 Å². The lowest BCUT2D eigenvalue weighted by molar-refractivity contribution is -0.384. The number of furan rings is 1. The molecule has 0 spiro atoms. The number of hydrogen-bond donors (Lipinski definition) is 1. The van der Waals surface area contributed by atoms with Gasteiger partial charge in [-0.2, -0.15) is 8.78 Å². The number of carbonyl (C=O) groups excluding carboxylic acids is 1. The topological polar surface area (TPSA) is 130 Å². The molecular formula is C19H10F5N3O6. The van der Waals surface area contributed by atoms with Crippen LogP contribution in [0.25, 0.3) is 0 Å². The Labute approximate surface area is 179 Å². The van der Waals surface area contributed by atoms with Crippen LogP contribution in [-0.4, -0.2) is 16.7 Å². The highest BCUT2D eigenvalue weighted by atomic mass is 19.2. The summed E-state index contributed by atoms with van der Waals surface area (Å²) in [6.45, 7) is -0.792. The van der Waals surface area contributed by atoms with E-state index in [0.29, 0.717) is 0 Å². The molecule has 0 saturated heterocycles. The van der Waals surface area contributed by atoms with Crippen molar-refractivity contribution in [2.75, 3.05) is 0 Å². The van der Waals surface area contributed by atoms with Gasteiger partial charge in [-0.15, -0.1) is 0 Å². The standard InChI is InChI=1S/C19H10F5N3O6/c20-12-13(21)15(23)17(16(24)14(12)22)31-7-10-5-6-11(32-10)19(28)33-26-18(25)8-1-3-9(4-2-8)27(29)30/h1-6H,7H2,(H2,25,26). The fourth-order valence-corrected chi connectivity index (χ4v) is 2.36. The Morgan fingerprint density at radius 2 is 1.55 bits per heavy atom. The molecule has 0 fully saturated rings. The Hall–Kier alpha value is -4.49. The fraction of sp³-hybridized carbons (Fsp3) is 0.0526. The molecule has 0 aliphatic carbocycles. The van der Waals surface area contributed by atoms with E-state index < -0.39 is 58.1 Å². The molecule has 3 aromatic rings. The number of non-ortho nitro benzene ring substituents is 1. The van der Waals surface area contributed by atoms with E-state index >= 15 is 0 Å². The van der Waals surface area contributed by atoms with Gasteiger partial charge in [-0.25, -0.2) is 18.0 Å². The van der Waals surface area contributed by atoms with Gasteiger partial charge >= 0.3 is 5.97 Å². The molecule has 0 aliphatic heterocycles. The Morgan fingerprint density at radius 1 is 0.970 bits per heavy atom. The highest BCUT2D eigenvalue weighted by Crippen LogP contribution is 2.29. The molecule has 3 rings (SSSR count). The Morgan fingerprint density at radius 3 is 2.12 bits per heavy atom. The van der Waals surface area contributed by atoms with Crippen molar-refractivity contribution in [2.24, 2.45) is 10.9 Å². The Kier molecular flexibility index (Phi) is 6.56. The summed E-state index contributed by atoms with van der Waals surface area (Å²) in [5.41, 5.74) is 5.64. The van der Waals surface area contributed by atoms with Crippen LogP contribution in [-0.2, 0) is 11.4 Å². The van der Waals surface area contributed by atoms with Gasteiger partial charge in [0.1, 0.15) is 12.4 Å². The first-order valence-corrected chi connectivity index (χ1v) is 8.62. The number of oxime groups is 1. The van der Waals surface area contributed by atoms with Crippen LogP contribution in [0.1, 0.15) is 21.9 Å². The van der Waals surface area contributed by atoms with Crippen LogP contribution in [0, 0.1) is 39.2 Å². The van der Waals surface area contributed by atoms with Crippen molar-refractivity contribution < 1.29 is 45.7 Å². The molecule has 0 saturated carbocycles. The van der Waals surface area contributed by atoms with Gasteiger partial charge in [0.05, 0.1) is 4.92 Å². The van der Waals surface area contributed by atoms with E-state index in [-0.39, 0.29) is 22.8 Å². The number of nitrogens with two attached hydrogens (primary N) is 1. The maximum absolute atomic E-state index is 13.6. The maximum atomic E-state index is 13.6. The lowest BCUT2D eigenvalue weighted by Gasteiger charge is -2.09. The van der Waals surface area contributed by atoms with Gasteiger partial charge in [0.15, 0.2) is 11.6 Å². The summed E-state index contributed by atoms with van der Waals surface area (Å²) in [5.74, 6) is -14.7. The number of nitro benzene ring substituents is 1. The van der Waals surface area contributed by atoms with Gasteiger partial charge in [-0.3, -0.25) is 10.1 Å². The van der Waals surface area contributed by atoms with Crippen LogP contribution in [0.15, 0.2) is 46.0 Å². The third kappa shape index (κ3) is 4.89. The number of benzene rings is 2. The summed E-state index contributed by atoms with van der Waals surface area (Å²) in [5, 5.41) is 14.0. The first-order valence-electron chi connectivity index (χ1n) is 8.62. The van der Waals surface area contributed by atoms with E-state index in [1.165, 1.54) is 12.1 Å². The van der Waals surface area contributed by atoms with Crippen LogP contribution >= 0.6 is 0 Å². The lowest BCUT2D eigenvalue weighted by atomic mass is 10.2. The van der Waals surface area contributed by atoms with Crippen molar-refractivity contribution in [1.82, 2.24) is 0 Å². The molecular weight excluding hydrogens is 461 g/mol. The fourth-order valence-electron chi connectivity index (χ4n) is 2.36. The summed E-state index contributed by atoms with van der Waals surface area (Å²) in [7, 11) is 0. The zero-order valence-corrected chi connectivity index (χ0v) is 16.0. The number of ether oxygens (including phenoxy) is 1. The van der Waals surface area contributed by atoms with Crippen molar-refractivity contribution in [1.29, 1.82) is 0 Å². The normalized spacial score (nSPS) is 11.4. The summed E-state index contributed by atoms with van der Waals surface area (Å²) in [6.07, 6.45) is 0. The van der Waals surface area contributed by atoms with E-state index in [0.717, 1.165) is 24.3 Å². The monoisotopic (exact) mass is 471 g/mol. The van der Waals surface area contributed by atoms with Gasteiger partial charge in [0, 0.05) is 17.7 Å². The quantitative estimate of drug-likeness (QED) is 0.0807. The molecule has 0 amide bonds. The number of hydrogen-bond acceptors (Lipinski definition) is 7. The first kappa shape index (κ1) is 23.2.